The van der Waals surface area contributed by atoms with Crippen LogP contribution in [0.3, 0.4) is 0 Å². The molecule has 3 rings (SSSR count). The summed E-state index contributed by atoms with van der Waals surface area (Å²) in [4.78, 5) is 12.4. The minimum absolute atomic E-state index is 0.0821. The predicted molar refractivity (Wildman–Crippen MR) is 130 cm³/mol. The van der Waals surface area contributed by atoms with E-state index in [-0.39, 0.29) is 5.91 Å². The summed E-state index contributed by atoms with van der Waals surface area (Å²) in [5, 5.41) is 3.97. The highest BCUT2D eigenvalue weighted by molar-refractivity contribution is 6.01. The number of furan rings is 1. The lowest BCUT2D eigenvalue weighted by Crippen LogP contribution is -2.22. The van der Waals surface area contributed by atoms with Gasteiger partial charge in [-0.25, -0.2) is 0 Å². The highest BCUT2D eigenvalue weighted by Gasteiger charge is 2.18. The van der Waals surface area contributed by atoms with Gasteiger partial charge in [0, 0.05) is 34.7 Å². The molecule has 5 nitrogen and oxygen atoms in total. The number of hydrogen-bond donors (Lipinski definition) is 1. The molecule has 0 radical (unpaired) electrons. The number of carbonyl (C=O) groups excluding carboxylic acids is 1. The van der Waals surface area contributed by atoms with E-state index >= 15 is 0 Å². The van der Waals surface area contributed by atoms with Crippen LogP contribution in [0.2, 0.25) is 0 Å². The van der Waals surface area contributed by atoms with Crippen LogP contribution in [0.25, 0.3) is 27.7 Å². The van der Waals surface area contributed by atoms with Crippen LogP contribution in [0.5, 0.6) is 11.5 Å². The normalized spacial score (nSPS) is 11.6. The van der Waals surface area contributed by atoms with Crippen molar-refractivity contribution in [3.63, 3.8) is 0 Å². The average Bonchev–Trinajstić information content (AvgIpc) is 3.23. The summed E-state index contributed by atoms with van der Waals surface area (Å²) < 4.78 is 16.9. The van der Waals surface area contributed by atoms with Crippen molar-refractivity contribution in [3.8, 4) is 22.6 Å². The number of ether oxygens (including phenoxy) is 2. The second-order valence-corrected chi connectivity index (χ2v) is 8.02. The first kappa shape index (κ1) is 23.5. The molecular formula is C27H33NO4. The van der Waals surface area contributed by atoms with Crippen molar-refractivity contribution in [1.82, 2.24) is 5.32 Å². The number of unbranched alkanes of at least 4 members (excludes halogenated alkanes) is 3. The molecule has 0 spiro atoms. The number of amides is 1. The SMILES string of the molecule is CCCCCCNC(=O)/C=C(\C)c1cc2c(-c3ccc(OC)cc3)coc2c(C)c1OC. The van der Waals surface area contributed by atoms with E-state index in [2.05, 4.69) is 12.2 Å². The smallest absolute Gasteiger partial charge is 0.244 e. The van der Waals surface area contributed by atoms with E-state index in [9.17, 15) is 4.79 Å². The van der Waals surface area contributed by atoms with Gasteiger partial charge in [-0.1, -0.05) is 38.3 Å². The van der Waals surface area contributed by atoms with Gasteiger partial charge in [0.1, 0.15) is 17.1 Å². The van der Waals surface area contributed by atoms with Crippen molar-refractivity contribution < 1.29 is 18.7 Å². The summed E-state index contributed by atoms with van der Waals surface area (Å²) in [7, 11) is 3.30. The van der Waals surface area contributed by atoms with Gasteiger partial charge in [-0.05, 0) is 49.6 Å². The van der Waals surface area contributed by atoms with Gasteiger partial charge in [0.2, 0.25) is 5.91 Å². The van der Waals surface area contributed by atoms with Crippen molar-refractivity contribution in [2.75, 3.05) is 20.8 Å². The Kier molecular flexibility index (Phi) is 7.98. The van der Waals surface area contributed by atoms with E-state index in [4.69, 9.17) is 13.9 Å². The summed E-state index contributed by atoms with van der Waals surface area (Å²) >= 11 is 0. The molecule has 0 fully saturated rings. The zero-order valence-electron chi connectivity index (χ0n) is 19.7. The van der Waals surface area contributed by atoms with Gasteiger partial charge in [0.15, 0.2) is 0 Å². The third kappa shape index (κ3) is 5.16. The lowest BCUT2D eigenvalue weighted by atomic mass is 9.96. The minimum Gasteiger partial charge on any atom is -0.497 e. The van der Waals surface area contributed by atoms with Crippen LogP contribution < -0.4 is 14.8 Å². The Morgan fingerprint density at radius 3 is 2.50 bits per heavy atom. The standard InChI is InChI=1S/C27H33NO4/c1-6-7-8-9-14-28-25(29)15-18(2)22-16-23-24(20-10-12-21(30-4)13-11-20)17-32-27(23)19(3)26(22)31-5/h10-13,15-17H,6-9,14H2,1-5H3,(H,28,29)/b18-15+. The molecule has 1 N–H and O–H groups in total. The molecule has 0 saturated heterocycles. The Hall–Kier alpha value is -3.21. The van der Waals surface area contributed by atoms with Crippen LogP contribution in [0.4, 0.5) is 0 Å². The third-order valence-corrected chi connectivity index (χ3v) is 5.75. The van der Waals surface area contributed by atoms with Gasteiger partial charge in [-0.3, -0.25) is 4.79 Å². The molecule has 0 unspecified atom stereocenters. The molecule has 32 heavy (non-hydrogen) atoms. The number of rotatable bonds is 10. The molecule has 1 aromatic heterocycles. The first-order chi connectivity index (χ1) is 15.5. The molecule has 0 atom stereocenters. The van der Waals surface area contributed by atoms with Crippen LogP contribution in [0.15, 0.2) is 47.1 Å². The second kappa shape index (κ2) is 10.9. The van der Waals surface area contributed by atoms with Crippen molar-refractivity contribution in [2.45, 2.75) is 46.5 Å². The molecular weight excluding hydrogens is 402 g/mol. The Morgan fingerprint density at radius 2 is 1.84 bits per heavy atom. The summed E-state index contributed by atoms with van der Waals surface area (Å²) in [6, 6.07) is 9.93. The van der Waals surface area contributed by atoms with Crippen LogP contribution in [-0.2, 0) is 4.79 Å². The maximum atomic E-state index is 12.4. The number of nitrogens with one attached hydrogen (secondary N) is 1. The van der Waals surface area contributed by atoms with E-state index in [0.717, 1.165) is 63.1 Å². The maximum absolute atomic E-state index is 12.4. The van der Waals surface area contributed by atoms with Gasteiger partial charge < -0.3 is 19.2 Å². The van der Waals surface area contributed by atoms with Crippen LogP contribution in [-0.4, -0.2) is 26.7 Å². The van der Waals surface area contributed by atoms with Crippen molar-refractivity contribution in [1.29, 1.82) is 0 Å². The maximum Gasteiger partial charge on any atom is 0.244 e. The molecule has 1 amide bonds. The fourth-order valence-electron chi connectivity index (χ4n) is 3.95. The van der Waals surface area contributed by atoms with Gasteiger partial charge >= 0.3 is 0 Å². The Balaban J connectivity index is 1.94. The summed E-state index contributed by atoms with van der Waals surface area (Å²) in [5.74, 6) is 1.44. The number of carbonyl (C=O) groups is 1. The van der Waals surface area contributed by atoms with E-state index in [1.54, 1.807) is 26.6 Å². The summed E-state index contributed by atoms with van der Waals surface area (Å²) in [6.07, 6.45) is 7.93. The zero-order chi connectivity index (χ0) is 23.1. The predicted octanol–water partition coefficient (Wildman–Crippen LogP) is 6.53. The van der Waals surface area contributed by atoms with Gasteiger partial charge in [-0.15, -0.1) is 0 Å². The number of hydrogen-bond acceptors (Lipinski definition) is 4. The quantitative estimate of drug-likeness (QED) is 0.291. The fraction of sp³-hybridized carbons (Fsp3) is 0.370. The van der Waals surface area contributed by atoms with Crippen molar-refractivity contribution in [3.05, 3.63) is 53.8 Å². The lowest BCUT2D eigenvalue weighted by Gasteiger charge is -2.13. The van der Waals surface area contributed by atoms with E-state index in [0.29, 0.717) is 6.54 Å². The lowest BCUT2D eigenvalue weighted by molar-refractivity contribution is -0.116. The summed E-state index contributed by atoms with van der Waals surface area (Å²) in [6.45, 7) is 6.79. The molecule has 3 aromatic rings. The van der Waals surface area contributed by atoms with Gasteiger partial charge in [0.05, 0.1) is 20.5 Å². The molecule has 0 aliphatic heterocycles. The largest absolute Gasteiger partial charge is 0.497 e. The molecule has 170 valence electrons. The van der Waals surface area contributed by atoms with Gasteiger partial charge in [-0.2, -0.15) is 0 Å². The molecule has 5 heteroatoms. The summed E-state index contributed by atoms with van der Waals surface area (Å²) in [5.41, 5.74) is 5.45. The van der Waals surface area contributed by atoms with Crippen LogP contribution in [0.1, 0.15) is 50.7 Å². The van der Waals surface area contributed by atoms with Gasteiger partial charge in [0.25, 0.3) is 0 Å². The number of methoxy groups -OCH3 is 2. The number of fused-ring (bicyclic) bond motifs is 1. The molecule has 0 saturated carbocycles. The number of benzene rings is 2. The van der Waals surface area contributed by atoms with Crippen molar-refractivity contribution >= 4 is 22.4 Å². The monoisotopic (exact) mass is 435 g/mol. The third-order valence-electron chi connectivity index (χ3n) is 5.75. The molecule has 0 aliphatic carbocycles. The zero-order valence-corrected chi connectivity index (χ0v) is 19.7. The average molecular weight is 436 g/mol. The Morgan fingerprint density at radius 1 is 1.09 bits per heavy atom. The fourth-order valence-corrected chi connectivity index (χ4v) is 3.95. The van der Waals surface area contributed by atoms with E-state index < -0.39 is 0 Å². The second-order valence-electron chi connectivity index (χ2n) is 8.02. The first-order valence-electron chi connectivity index (χ1n) is 11.2. The Labute approximate surface area is 190 Å². The van der Waals surface area contributed by atoms with Crippen molar-refractivity contribution in [2.24, 2.45) is 0 Å². The Bertz CT molecular complexity index is 1090. The number of aryl methyl sites for hydroxylation is 1. The molecule has 0 aliphatic rings. The first-order valence-corrected chi connectivity index (χ1v) is 11.2. The van der Waals surface area contributed by atoms with Crippen LogP contribution in [0, 0.1) is 6.92 Å². The molecule has 1 heterocycles. The number of allylic oxidation sites excluding steroid dienone is 1. The molecule has 0 bridgehead atoms. The minimum atomic E-state index is -0.0821. The topological polar surface area (TPSA) is 60.7 Å². The van der Waals surface area contributed by atoms with E-state index in [1.807, 2.05) is 44.2 Å². The van der Waals surface area contributed by atoms with Crippen LogP contribution >= 0.6 is 0 Å². The highest BCUT2D eigenvalue weighted by atomic mass is 16.5. The molecule has 2 aromatic carbocycles. The highest BCUT2D eigenvalue weighted by Crippen LogP contribution is 2.40. The van der Waals surface area contributed by atoms with E-state index in [1.165, 1.54) is 12.8 Å².